The van der Waals surface area contributed by atoms with Gasteiger partial charge in [0.05, 0.1) is 24.0 Å². The molecule has 0 aliphatic rings. The molecule has 0 aliphatic carbocycles. The fourth-order valence-corrected chi connectivity index (χ4v) is 3.19. The number of alkyl halides is 3. The number of imidazole rings is 1. The van der Waals surface area contributed by atoms with Crippen molar-refractivity contribution in [3.63, 3.8) is 0 Å². The van der Waals surface area contributed by atoms with E-state index in [2.05, 4.69) is 4.98 Å². The van der Waals surface area contributed by atoms with Gasteiger partial charge in [-0.1, -0.05) is 42.5 Å². The van der Waals surface area contributed by atoms with Gasteiger partial charge in [-0.2, -0.15) is 17.7 Å². The first-order valence-corrected chi connectivity index (χ1v) is 8.98. The highest BCUT2D eigenvalue weighted by atomic mass is 19.4. The Hall–Kier alpha value is -3.48. The molecule has 0 fully saturated rings. The number of hydrogen-bond donors (Lipinski definition) is 0. The van der Waals surface area contributed by atoms with E-state index in [4.69, 9.17) is 0 Å². The number of hydrogen-bond acceptors (Lipinski definition) is 2. The second-order valence-corrected chi connectivity index (χ2v) is 6.75. The third kappa shape index (κ3) is 4.18. The van der Waals surface area contributed by atoms with Crippen molar-refractivity contribution in [3.05, 3.63) is 96.1 Å². The van der Waals surface area contributed by atoms with Crippen LogP contribution in [0, 0.1) is 0 Å². The molecular weight excluding hydrogens is 379 g/mol. The molecule has 0 bridgehead atoms. The molecule has 0 spiro atoms. The van der Waals surface area contributed by atoms with Gasteiger partial charge in [-0.3, -0.25) is 4.79 Å². The lowest BCUT2D eigenvalue weighted by atomic mass is 10.1. The Morgan fingerprint density at radius 1 is 1.03 bits per heavy atom. The van der Waals surface area contributed by atoms with E-state index in [1.807, 2.05) is 53.4 Å². The summed E-state index contributed by atoms with van der Waals surface area (Å²) >= 11 is 0. The molecule has 0 saturated heterocycles. The second kappa shape index (κ2) is 7.50. The number of benzene rings is 2. The van der Waals surface area contributed by atoms with Gasteiger partial charge < -0.3 is 4.57 Å². The molecule has 0 N–H and O–H groups in total. The van der Waals surface area contributed by atoms with Crippen LogP contribution in [0.2, 0.25) is 0 Å². The zero-order valence-corrected chi connectivity index (χ0v) is 15.3. The van der Waals surface area contributed by atoms with Crippen LogP contribution in [-0.2, 0) is 19.3 Å². The number of halogens is 3. The Balaban J connectivity index is 1.55. The van der Waals surface area contributed by atoms with E-state index in [9.17, 15) is 18.0 Å². The van der Waals surface area contributed by atoms with Crippen LogP contribution < -0.4 is 4.57 Å². The summed E-state index contributed by atoms with van der Waals surface area (Å²) in [7, 11) is 0. The lowest BCUT2D eigenvalue weighted by molar-refractivity contribution is -0.687. The molecule has 4 aromatic rings. The monoisotopic (exact) mass is 396 g/mol. The minimum Gasteiger partial charge on any atom is -0.322 e. The van der Waals surface area contributed by atoms with E-state index in [0.29, 0.717) is 12.1 Å². The quantitative estimate of drug-likeness (QED) is 0.373. The number of pyridine rings is 1. The molecular formula is C22H17F3N3O+. The van der Waals surface area contributed by atoms with Gasteiger partial charge in [0.25, 0.3) is 0 Å². The fourth-order valence-electron chi connectivity index (χ4n) is 3.19. The van der Waals surface area contributed by atoms with Gasteiger partial charge in [0.15, 0.2) is 30.2 Å². The highest BCUT2D eigenvalue weighted by molar-refractivity contribution is 5.96. The third-order valence-corrected chi connectivity index (χ3v) is 4.65. The average Bonchev–Trinajstić information content (AvgIpc) is 3.10. The first-order chi connectivity index (χ1) is 13.9. The minimum absolute atomic E-state index is 0.0248. The predicted octanol–water partition coefficient (Wildman–Crippen LogP) is 4.27. The number of fused-ring (bicyclic) bond motifs is 1. The zero-order chi connectivity index (χ0) is 20.4. The maximum atomic E-state index is 12.9. The Labute approximate surface area is 164 Å². The van der Waals surface area contributed by atoms with Gasteiger partial charge >= 0.3 is 6.18 Å². The molecule has 0 unspecified atom stereocenters. The van der Waals surface area contributed by atoms with E-state index in [1.165, 1.54) is 18.5 Å². The Kier molecular flexibility index (Phi) is 4.88. The maximum Gasteiger partial charge on any atom is 0.416 e. The van der Waals surface area contributed by atoms with Crippen LogP contribution in [0.3, 0.4) is 0 Å². The van der Waals surface area contributed by atoms with Gasteiger partial charge in [0.1, 0.15) is 0 Å². The van der Waals surface area contributed by atoms with Crippen LogP contribution in [-0.4, -0.2) is 15.3 Å². The summed E-state index contributed by atoms with van der Waals surface area (Å²) in [5.41, 5.74) is 1.79. The average molecular weight is 396 g/mol. The van der Waals surface area contributed by atoms with Crippen LogP contribution >= 0.6 is 0 Å². The molecule has 29 heavy (non-hydrogen) atoms. The Morgan fingerprint density at radius 2 is 1.83 bits per heavy atom. The van der Waals surface area contributed by atoms with Gasteiger partial charge in [-0.05, 0) is 12.1 Å². The molecule has 7 heteroatoms. The molecule has 0 atom stereocenters. The number of Topliss-reactive ketones (excluding diaryl/α,β-unsaturated/α-hetero) is 1. The third-order valence-electron chi connectivity index (χ3n) is 4.65. The number of aromatic nitrogens is 3. The van der Waals surface area contributed by atoms with Crippen molar-refractivity contribution in [2.24, 2.45) is 0 Å². The van der Waals surface area contributed by atoms with Crippen molar-refractivity contribution in [1.29, 1.82) is 0 Å². The molecule has 0 radical (unpaired) electrons. The maximum absolute atomic E-state index is 12.9. The van der Waals surface area contributed by atoms with Crippen LogP contribution in [0.5, 0.6) is 0 Å². The lowest BCUT2D eigenvalue weighted by Gasteiger charge is -2.09. The van der Waals surface area contributed by atoms with E-state index < -0.39 is 17.5 Å². The normalized spacial score (nSPS) is 11.7. The topological polar surface area (TPSA) is 38.8 Å². The molecule has 4 nitrogen and oxygen atoms in total. The van der Waals surface area contributed by atoms with Gasteiger partial charge in [0.2, 0.25) is 0 Å². The zero-order valence-electron chi connectivity index (χ0n) is 15.3. The van der Waals surface area contributed by atoms with Crippen LogP contribution in [0.15, 0.2) is 79.4 Å². The number of carbonyl (C=O) groups is 1. The van der Waals surface area contributed by atoms with Crippen molar-refractivity contribution >= 4 is 16.8 Å². The first-order valence-electron chi connectivity index (χ1n) is 8.98. The van der Waals surface area contributed by atoms with Crippen LogP contribution in [0.4, 0.5) is 13.2 Å². The van der Waals surface area contributed by atoms with Gasteiger partial charge in [-0.15, -0.1) is 0 Å². The molecule has 2 heterocycles. The lowest BCUT2D eigenvalue weighted by Crippen LogP contribution is -2.33. The number of nitrogens with zero attached hydrogens (tertiary/aromatic N) is 3. The summed E-state index contributed by atoms with van der Waals surface area (Å²) in [5, 5.41) is 0. The number of rotatable bonds is 5. The molecule has 0 amide bonds. The molecule has 146 valence electrons. The van der Waals surface area contributed by atoms with Crippen molar-refractivity contribution in [1.82, 2.24) is 9.55 Å². The summed E-state index contributed by atoms with van der Waals surface area (Å²) in [5.74, 6) is -0.406. The van der Waals surface area contributed by atoms with Crippen molar-refractivity contribution in [2.45, 2.75) is 19.3 Å². The minimum atomic E-state index is -4.48. The molecule has 2 aromatic carbocycles. The SMILES string of the molecule is O=C(Cn1cnc2c[n+](Cc3ccccc3)ccc21)c1cccc(C(F)(F)F)c1. The number of ketones is 1. The summed E-state index contributed by atoms with van der Waals surface area (Å²) < 4.78 is 42.3. The van der Waals surface area contributed by atoms with Crippen LogP contribution in [0.1, 0.15) is 21.5 Å². The summed E-state index contributed by atoms with van der Waals surface area (Å²) in [6.45, 7) is 0.604. The van der Waals surface area contributed by atoms with E-state index >= 15 is 0 Å². The molecule has 0 saturated carbocycles. The summed E-state index contributed by atoms with van der Waals surface area (Å²) in [4.78, 5) is 16.9. The van der Waals surface area contributed by atoms with Gasteiger partial charge in [0, 0.05) is 17.2 Å². The Bertz CT molecular complexity index is 1170. The Morgan fingerprint density at radius 3 is 2.59 bits per heavy atom. The summed E-state index contributed by atoms with van der Waals surface area (Å²) in [6, 6.07) is 16.3. The van der Waals surface area contributed by atoms with Crippen molar-refractivity contribution < 1.29 is 22.5 Å². The number of carbonyl (C=O) groups excluding carboxylic acids is 1. The molecule has 2 aromatic heterocycles. The molecule has 4 rings (SSSR count). The van der Waals surface area contributed by atoms with Gasteiger partial charge in [-0.25, -0.2) is 4.98 Å². The molecule has 0 aliphatic heterocycles. The van der Waals surface area contributed by atoms with E-state index in [-0.39, 0.29) is 12.1 Å². The fraction of sp³-hybridized carbons (Fsp3) is 0.136. The van der Waals surface area contributed by atoms with Crippen LogP contribution in [0.25, 0.3) is 11.0 Å². The van der Waals surface area contributed by atoms with E-state index in [1.54, 1.807) is 4.57 Å². The standard InChI is InChI=1S/C22H17F3N3O/c23-22(24,25)18-8-4-7-17(11-18)21(29)14-28-15-26-19-13-27(10-9-20(19)28)12-16-5-2-1-3-6-16/h1-11,13,15H,12,14H2/q+1. The first kappa shape index (κ1) is 18.9. The second-order valence-electron chi connectivity index (χ2n) is 6.75. The summed E-state index contributed by atoms with van der Waals surface area (Å²) in [6.07, 6.45) is 0.823. The predicted molar refractivity (Wildman–Crippen MR) is 101 cm³/mol. The smallest absolute Gasteiger partial charge is 0.322 e. The largest absolute Gasteiger partial charge is 0.416 e. The van der Waals surface area contributed by atoms with Crippen molar-refractivity contribution in [2.75, 3.05) is 0 Å². The van der Waals surface area contributed by atoms with Crippen molar-refractivity contribution in [3.8, 4) is 0 Å². The highest BCUT2D eigenvalue weighted by Gasteiger charge is 2.30. The highest BCUT2D eigenvalue weighted by Crippen LogP contribution is 2.29. The van der Waals surface area contributed by atoms with E-state index in [0.717, 1.165) is 23.2 Å².